The third-order valence-corrected chi connectivity index (χ3v) is 3.63. The van der Waals surface area contributed by atoms with Crippen LogP contribution in [0.2, 0.25) is 0 Å². The molecule has 2 rings (SSSR count). The van der Waals surface area contributed by atoms with Crippen molar-refractivity contribution in [1.29, 1.82) is 0 Å². The summed E-state index contributed by atoms with van der Waals surface area (Å²) in [5.74, 6) is 4.30. The highest BCUT2D eigenvalue weighted by Crippen LogP contribution is 2.26. The van der Waals surface area contributed by atoms with Crippen molar-refractivity contribution in [3.8, 4) is 11.8 Å². The largest absolute Gasteiger partial charge is 0.395 e. The summed E-state index contributed by atoms with van der Waals surface area (Å²) >= 11 is 0. The minimum absolute atomic E-state index is 0.103. The molecule has 5 heteroatoms. The Balaban J connectivity index is 2.33. The van der Waals surface area contributed by atoms with Crippen LogP contribution in [0.1, 0.15) is 35.2 Å². The van der Waals surface area contributed by atoms with Crippen molar-refractivity contribution in [2.75, 3.05) is 19.8 Å². The Morgan fingerprint density at radius 3 is 2.71 bits per heavy atom. The predicted octanol–water partition coefficient (Wildman–Crippen LogP) is 1.16. The molecule has 0 heterocycles. The van der Waals surface area contributed by atoms with E-state index in [0.717, 1.165) is 25.3 Å². The van der Waals surface area contributed by atoms with Crippen molar-refractivity contribution in [2.45, 2.75) is 25.3 Å². The van der Waals surface area contributed by atoms with Crippen molar-refractivity contribution in [3.05, 3.63) is 35.1 Å². The molecule has 0 spiro atoms. The number of carbonyl (C=O) groups is 1. The summed E-state index contributed by atoms with van der Waals surface area (Å²) < 4.78 is 13.5. The summed E-state index contributed by atoms with van der Waals surface area (Å²) in [6, 6.07) is 3.93. The first kappa shape index (κ1) is 15.5. The van der Waals surface area contributed by atoms with Crippen LogP contribution in [0.5, 0.6) is 0 Å². The fourth-order valence-electron chi connectivity index (χ4n) is 2.35. The third-order valence-electron chi connectivity index (χ3n) is 3.63. The van der Waals surface area contributed by atoms with E-state index in [1.807, 2.05) is 0 Å². The van der Waals surface area contributed by atoms with E-state index >= 15 is 0 Å². The summed E-state index contributed by atoms with van der Waals surface area (Å²) in [4.78, 5) is 14.2. The lowest BCUT2D eigenvalue weighted by molar-refractivity contribution is 0.0525. The Morgan fingerprint density at radius 2 is 2.14 bits per heavy atom. The summed E-state index contributed by atoms with van der Waals surface area (Å²) in [6.07, 6.45) is 2.86. The number of rotatable bonds is 4. The number of amides is 1. The molecular weight excluding hydrogens is 273 g/mol. The minimum atomic E-state index is -0.509. The molecule has 1 aliphatic carbocycles. The van der Waals surface area contributed by atoms with Gasteiger partial charge >= 0.3 is 0 Å². The molecule has 0 unspecified atom stereocenters. The first-order valence-corrected chi connectivity index (χ1v) is 6.98. The van der Waals surface area contributed by atoms with Gasteiger partial charge in [0, 0.05) is 18.2 Å². The van der Waals surface area contributed by atoms with E-state index in [1.165, 1.54) is 12.1 Å². The Morgan fingerprint density at radius 1 is 1.38 bits per heavy atom. The van der Waals surface area contributed by atoms with Crippen molar-refractivity contribution in [3.63, 3.8) is 0 Å². The first-order chi connectivity index (χ1) is 10.2. The summed E-state index contributed by atoms with van der Waals surface area (Å²) in [5, 5.41) is 17.9. The molecule has 0 saturated heterocycles. The number of hydrogen-bond donors (Lipinski definition) is 2. The molecule has 1 saturated carbocycles. The molecule has 1 aromatic carbocycles. The number of halogens is 1. The van der Waals surface area contributed by atoms with Gasteiger partial charge in [0.25, 0.3) is 5.91 Å². The highest BCUT2D eigenvalue weighted by molar-refractivity contribution is 5.97. The van der Waals surface area contributed by atoms with Gasteiger partial charge in [-0.25, -0.2) is 4.39 Å². The third kappa shape index (κ3) is 3.60. The molecule has 4 nitrogen and oxygen atoms in total. The molecule has 0 aliphatic heterocycles. The first-order valence-electron chi connectivity index (χ1n) is 6.98. The van der Waals surface area contributed by atoms with Gasteiger partial charge in [-0.2, -0.15) is 0 Å². The van der Waals surface area contributed by atoms with E-state index in [4.69, 9.17) is 10.2 Å². The quantitative estimate of drug-likeness (QED) is 0.818. The molecule has 112 valence electrons. The minimum Gasteiger partial charge on any atom is -0.395 e. The molecule has 1 aromatic rings. The number of carbonyl (C=O) groups excluding carboxylic acids is 1. The lowest BCUT2D eigenvalue weighted by Gasteiger charge is -2.37. The molecule has 0 bridgehead atoms. The molecule has 21 heavy (non-hydrogen) atoms. The normalized spacial score (nSPS) is 14.0. The van der Waals surface area contributed by atoms with E-state index in [1.54, 1.807) is 4.90 Å². The molecule has 0 aromatic heterocycles. The van der Waals surface area contributed by atoms with Crippen molar-refractivity contribution in [1.82, 2.24) is 4.90 Å². The van der Waals surface area contributed by atoms with Gasteiger partial charge in [0.15, 0.2) is 0 Å². The Bertz CT molecular complexity index is 573. The smallest absolute Gasteiger partial charge is 0.255 e. The van der Waals surface area contributed by atoms with Crippen LogP contribution in [-0.2, 0) is 0 Å². The second kappa shape index (κ2) is 7.21. The molecule has 0 radical (unpaired) electrons. The van der Waals surface area contributed by atoms with E-state index in [0.29, 0.717) is 5.56 Å². The number of benzene rings is 1. The molecule has 1 fully saturated rings. The van der Waals surface area contributed by atoms with Crippen molar-refractivity contribution >= 4 is 5.91 Å². The molecule has 1 aliphatic rings. The van der Waals surface area contributed by atoms with Gasteiger partial charge < -0.3 is 15.1 Å². The van der Waals surface area contributed by atoms with Gasteiger partial charge in [0.1, 0.15) is 12.4 Å². The maximum atomic E-state index is 13.5. The van der Waals surface area contributed by atoms with Crippen LogP contribution in [0.15, 0.2) is 18.2 Å². The van der Waals surface area contributed by atoms with E-state index < -0.39 is 5.82 Å². The SMILES string of the molecule is O=C(c1cc(F)ccc1C#CCO)N(CCO)C1CCC1. The second-order valence-corrected chi connectivity index (χ2v) is 4.96. The van der Waals surface area contributed by atoms with E-state index in [-0.39, 0.29) is 37.3 Å². The van der Waals surface area contributed by atoms with Crippen LogP contribution >= 0.6 is 0 Å². The zero-order valence-electron chi connectivity index (χ0n) is 11.7. The lowest BCUT2D eigenvalue weighted by atomic mass is 9.90. The van der Waals surface area contributed by atoms with Crippen LogP contribution in [0.3, 0.4) is 0 Å². The average Bonchev–Trinajstić information content (AvgIpc) is 2.43. The number of aliphatic hydroxyl groups is 2. The second-order valence-electron chi connectivity index (χ2n) is 4.96. The van der Waals surface area contributed by atoms with Gasteiger partial charge in [0.05, 0.1) is 12.2 Å². The maximum Gasteiger partial charge on any atom is 0.255 e. The zero-order valence-corrected chi connectivity index (χ0v) is 11.7. The van der Waals surface area contributed by atoms with Crippen LogP contribution in [0, 0.1) is 17.7 Å². The van der Waals surface area contributed by atoms with Crippen LogP contribution in [-0.4, -0.2) is 46.8 Å². The Kier molecular flexibility index (Phi) is 5.32. The highest BCUT2D eigenvalue weighted by atomic mass is 19.1. The van der Waals surface area contributed by atoms with Crippen molar-refractivity contribution in [2.24, 2.45) is 0 Å². The molecule has 1 amide bonds. The topological polar surface area (TPSA) is 60.8 Å². The predicted molar refractivity (Wildman–Crippen MR) is 76.1 cm³/mol. The summed E-state index contributed by atoms with van der Waals surface area (Å²) in [6.45, 7) is -0.226. The standard InChI is InChI=1S/C16H18FNO3/c17-13-7-6-12(3-2-9-19)15(11-13)16(21)18(8-10-20)14-4-1-5-14/h6-7,11,14,19-20H,1,4-5,8-10H2. The van der Waals surface area contributed by atoms with Gasteiger partial charge in [0.2, 0.25) is 0 Å². The fraction of sp³-hybridized carbons (Fsp3) is 0.438. The van der Waals surface area contributed by atoms with Gasteiger partial charge in [-0.15, -0.1) is 0 Å². The Hall–Kier alpha value is -1.90. The Labute approximate surface area is 123 Å². The average molecular weight is 291 g/mol. The van der Waals surface area contributed by atoms with Gasteiger partial charge in [-0.3, -0.25) is 4.79 Å². The van der Waals surface area contributed by atoms with Crippen LogP contribution < -0.4 is 0 Å². The highest BCUT2D eigenvalue weighted by Gasteiger charge is 2.30. The van der Waals surface area contributed by atoms with Gasteiger partial charge in [-0.05, 0) is 37.5 Å². The number of hydrogen-bond acceptors (Lipinski definition) is 3. The van der Waals surface area contributed by atoms with Crippen molar-refractivity contribution < 1.29 is 19.4 Å². The maximum absolute atomic E-state index is 13.5. The van der Waals surface area contributed by atoms with E-state index in [2.05, 4.69) is 11.8 Å². The van der Waals surface area contributed by atoms with Crippen LogP contribution in [0.25, 0.3) is 0 Å². The van der Waals surface area contributed by atoms with Crippen LogP contribution in [0.4, 0.5) is 4.39 Å². The fourth-order valence-corrected chi connectivity index (χ4v) is 2.35. The van der Waals surface area contributed by atoms with Gasteiger partial charge in [-0.1, -0.05) is 11.8 Å². The summed E-state index contributed by atoms with van der Waals surface area (Å²) in [5.41, 5.74) is 0.564. The monoisotopic (exact) mass is 291 g/mol. The summed E-state index contributed by atoms with van der Waals surface area (Å²) in [7, 11) is 0. The number of aliphatic hydroxyl groups excluding tert-OH is 2. The molecule has 2 N–H and O–H groups in total. The zero-order chi connectivity index (χ0) is 15.2. The van der Waals surface area contributed by atoms with E-state index in [9.17, 15) is 9.18 Å². The number of nitrogens with zero attached hydrogens (tertiary/aromatic N) is 1. The lowest BCUT2D eigenvalue weighted by Crippen LogP contribution is -2.45. The molecular formula is C16H18FNO3. The molecule has 0 atom stereocenters.